The number of hydrogen-bond acceptors (Lipinski definition) is 6. The molecule has 4 rings (SSSR count). The predicted octanol–water partition coefficient (Wildman–Crippen LogP) is 3.44. The molecule has 6 heteroatoms. The van der Waals surface area contributed by atoms with E-state index in [1.165, 1.54) is 5.56 Å². The summed E-state index contributed by atoms with van der Waals surface area (Å²) in [5.41, 5.74) is 2.29. The van der Waals surface area contributed by atoms with Crippen LogP contribution in [-0.4, -0.2) is 37.8 Å². The highest BCUT2D eigenvalue weighted by molar-refractivity contribution is 8.14. The Labute approximate surface area is 157 Å². The Morgan fingerprint density at radius 2 is 2.08 bits per heavy atom. The topological polar surface area (TPSA) is 52.1 Å². The lowest BCUT2D eigenvalue weighted by atomic mass is 9.97. The number of ether oxygens (including phenoxy) is 3. The summed E-state index contributed by atoms with van der Waals surface area (Å²) in [5.74, 6) is 3.54. The molecule has 1 unspecified atom stereocenters. The summed E-state index contributed by atoms with van der Waals surface area (Å²) in [6.07, 6.45) is 0.802. The zero-order valence-electron chi connectivity index (χ0n) is 14.7. The second-order valence-corrected chi connectivity index (χ2v) is 7.24. The van der Waals surface area contributed by atoms with Crippen LogP contribution in [0.4, 0.5) is 0 Å². The Hall–Kier alpha value is -2.34. The number of nitrogens with zero attached hydrogens (tertiary/aromatic N) is 1. The van der Waals surface area contributed by atoms with Crippen LogP contribution in [0.2, 0.25) is 0 Å². The quantitative estimate of drug-likeness (QED) is 0.874. The van der Waals surface area contributed by atoms with Crippen molar-refractivity contribution in [3.63, 3.8) is 0 Å². The number of aliphatic imine (C=N–C) groups is 1. The third kappa shape index (κ3) is 3.75. The van der Waals surface area contributed by atoms with Crippen molar-refractivity contribution in [1.29, 1.82) is 0 Å². The molecular formula is C20H22N2O3S. The molecule has 0 saturated heterocycles. The Balaban J connectivity index is 1.66. The third-order valence-corrected chi connectivity index (χ3v) is 5.34. The van der Waals surface area contributed by atoms with Crippen LogP contribution < -0.4 is 19.5 Å². The normalized spacial score (nSPS) is 16.7. The van der Waals surface area contributed by atoms with Gasteiger partial charge in [-0.25, -0.2) is 0 Å². The molecule has 2 aliphatic heterocycles. The van der Waals surface area contributed by atoms with Gasteiger partial charge >= 0.3 is 0 Å². The van der Waals surface area contributed by atoms with Crippen molar-refractivity contribution in [3.05, 3.63) is 53.6 Å². The van der Waals surface area contributed by atoms with Gasteiger partial charge in [0.05, 0.1) is 19.7 Å². The first-order valence-corrected chi connectivity index (χ1v) is 9.77. The largest absolute Gasteiger partial charge is 0.497 e. The lowest BCUT2D eigenvalue weighted by Crippen LogP contribution is -2.28. The van der Waals surface area contributed by atoms with Gasteiger partial charge in [-0.2, -0.15) is 0 Å². The van der Waals surface area contributed by atoms with E-state index in [1.54, 1.807) is 18.9 Å². The molecule has 0 fully saturated rings. The average molecular weight is 370 g/mol. The molecule has 2 aliphatic rings. The lowest BCUT2D eigenvalue weighted by molar-refractivity contribution is 0.169. The number of nitrogens with one attached hydrogen (secondary N) is 1. The van der Waals surface area contributed by atoms with E-state index >= 15 is 0 Å². The van der Waals surface area contributed by atoms with E-state index in [4.69, 9.17) is 14.2 Å². The maximum Gasteiger partial charge on any atom is 0.166 e. The van der Waals surface area contributed by atoms with Crippen LogP contribution in [0.1, 0.15) is 17.2 Å². The van der Waals surface area contributed by atoms with E-state index in [9.17, 15) is 0 Å². The molecule has 5 nitrogen and oxygen atoms in total. The molecule has 1 atom stereocenters. The highest BCUT2D eigenvalue weighted by atomic mass is 32.2. The van der Waals surface area contributed by atoms with Gasteiger partial charge in [0.2, 0.25) is 0 Å². The summed E-state index contributed by atoms with van der Waals surface area (Å²) >= 11 is 1.76. The Bertz CT molecular complexity index is 809. The Morgan fingerprint density at radius 1 is 1.19 bits per heavy atom. The van der Waals surface area contributed by atoms with Gasteiger partial charge in [-0.15, -0.1) is 0 Å². The Kier molecular flexibility index (Phi) is 5.20. The van der Waals surface area contributed by atoms with Gasteiger partial charge in [-0.3, -0.25) is 4.99 Å². The van der Waals surface area contributed by atoms with Crippen molar-refractivity contribution < 1.29 is 14.2 Å². The van der Waals surface area contributed by atoms with Gasteiger partial charge in [0.25, 0.3) is 0 Å². The van der Waals surface area contributed by atoms with Crippen LogP contribution in [-0.2, 0) is 6.42 Å². The number of thioether (sulfide) groups is 1. The molecule has 0 spiro atoms. The highest BCUT2D eigenvalue weighted by Crippen LogP contribution is 2.38. The minimum Gasteiger partial charge on any atom is -0.497 e. The average Bonchev–Trinajstić information content (AvgIpc) is 3.20. The number of fused-ring (bicyclic) bond motifs is 1. The zero-order chi connectivity index (χ0) is 17.8. The molecule has 0 bridgehead atoms. The van der Waals surface area contributed by atoms with Gasteiger partial charge in [-0.05, 0) is 30.2 Å². The van der Waals surface area contributed by atoms with Crippen LogP contribution in [0.25, 0.3) is 0 Å². The van der Waals surface area contributed by atoms with Crippen LogP contribution in [0, 0.1) is 0 Å². The molecule has 0 saturated carbocycles. The lowest BCUT2D eigenvalue weighted by Gasteiger charge is -2.26. The minimum absolute atomic E-state index is 0.0445. The molecule has 0 aliphatic carbocycles. The summed E-state index contributed by atoms with van der Waals surface area (Å²) in [4.78, 5) is 4.56. The molecule has 26 heavy (non-hydrogen) atoms. The second kappa shape index (κ2) is 7.91. The van der Waals surface area contributed by atoms with Gasteiger partial charge < -0.3 is 19.5 Å². The van der Waals surface area contributed by atoms with Crippen molar-refractivity contribution in [2.24, 2.45) is 4.99 Å². The van der Waals surface area contributed by atoms with Gasteiger partial charge in [-0.1, -0.05) is 36.0 Å². The number of para-hydroxylation sites is 1. The van der Waals surface area contributed by atoms with Gasteiger partial charge in [0.1, 0.15) is 19.0 Å². The van der Waals surface area contributed by atoms with E-state index in [1.807, 2.05) is 24.3 Å². The summed E-state index contributed by atoms with van der Waals surface area (Å²) in [6.45, 7) is 2.03. The number of amidine groups is 1. The molecule has 0 aromatic heterocycles. The van der Waals surface area contributed by atoms with Crippen LogP contribution >= 0.6 is 11.8 Å². The van der Waals surface area contributed by atoms with Gasteiger partial charge in [0.15, 0.2) is 16.7 Å². The van der Waals surface area contributed by atoms with E-state index in [0.717, 1.165) is 46.7 Å². The summed E-state index contributed by atoms with van der Waals surface area (Å²) in [7, 11) is 1.69. The van der Waals surface area contributed by atoms with E-state index < -0.39 is 0 Å². The van der Waals surface area contributed by atoms with E-state index in [-0.39, 0.29) is 6.04 Å². The van der Waals surface area contributed by atoms with E-state index in [0.29, 0.717) is 13.2 Å². The highest BCUT2D eigenvalue weighted by Gasteiger charge is 2.24. The van der Waals surface area contributed by atoms with E-state index in [2.05, 4.69) is 28.5 Å². The van der Waals surface area contributed by atoms with Crippen molar-refractivity contribution in [3.8, 4) is 17.2 Å². The minimum atomic E-state index is 0.0445. The number of hydrogen-bond donors (Lipinski definition) is 1. The number of methoxy groups -OCH3 is 1. The smallest absolute Gasteiger partial charge is 0.166 e. The van der Waals surface area contributed by atoms with Crippen molar-refractivity contribution in [1.82, 2.24) is 5.32 Å². The Morgan fingerprint density at radius 3 is 2.92 bits per heavy atom. The van der Waals surface area contributed by atoms with Crippen LogP contribution in [0.15, 0.2) is 47.5 Å². The van der Waals surface area contributed by atoms with Crippen molar-refractivity contribution >= 4 is 16.9 Å². The molecule has 136 valence electrons. The third-order valence-electron chi connectivity index (χ3n) is 4.43. The maximum absolute atomic E-state index is 5.95. The number of benzene rings is 2. The summed E-state index contributed by atoms with van der Waals surface area (Å²) in [6, 6.07) is 14.3. The first-order valence-electron chi connectivity index (χ1n) is 8.79. The molecular weight excluding hydrogens is 348 g/mol. The summed E-state index contributed by atoms with van der Waals surface area (Å²) in [5, 5.41) is 4.60. The molecule has 2 aromatic carbocycles. The molecule has 1 N–H and O–H groups in total. The van der Waals surface area contributed by atoms with Crippen LogP contribution in [0.3, 0.4) is 0 Å². The van der Waals surface area contributed by atoms with Gasteiger partial charge in [0, 0.05) is 11.3 Å². The van der Waals surface area contributed by atoms with Crippen molar-refractivity contribution in [2.45, 2.75) is 12.5 Å². The molecule has 2 aromatic rings. The standard InChI is InChI=1S/C20H22N2O3S/c1-23-15-5-2-4-14(12-15)13-17(22-20-21-8-11-26-20)16-6-3-7-18-19(16)25-10-9-24-18/h2-7,12,17H,8-11,13H2,1H3,(H,21,22). The maximum atomic E-state index is 5.95. The predicted molar refractivity (Wildman–Crippen MR) is 105 cm³/mol. The van der Waals surface area contributed by atoms with Crippen LogP contribution in [0.5, 0.6) is 17.2 Å². The fourth-order valence-corrected chi connectivity index (χ4v) is 4.00. The first-order chi connectivity index (χ1) is 12.8. The molecule has 0 amide bonds. The number of rotatable bonds is 5. The fourth-order valence-electron chi connectivity index (χ4n) is 3.22. The SMILES string of the molecule is COc1cccc(CC(NC2=NCCS2)c2cccc3c2OCCO3)c1. The fraction of sp³-hybridized carbons (Fsp3) is 0.350. The monoisotopic (exact) mass is 370 g/mol. The summed E-state index contributed by atoms with van der Waals surface area (Å²) < 4.78 is 17.1. The zero-order valence-corrected chi connectivity index (χ0v) is 15.6. The molecule has 2 heterocycles. The molecule has 0 radical (unpaired) electrons. The first kappa shape index (κ1) is 17.1. The van der Waals surface area contributed by atoms with Crippen molar-refractivity contribution in [2.75, 3.05) is 32.6 Å². The second-order valence-electron chi connectivity index (χ2n) is 6.16.